The van der Waals surface area contributed by atoms with E-state index in [-0.39, 0.29) is 39.6 Å². The summed E-state index contributed by atoms with van der Waals surface area (Å²) in [6, 6.07) is 7.66. The number of nitrogens with one attached hydrogen (secondary N) is 1. The van der Waals surface area contributed by atoms with E-state index in [4.69, 9.17) is 51.3 Å². The SMILES string of the molecule is C.CCN(CC)CC.CSC(SC)C(C#N)C#N.II.N#CCC(N)=S.[C-]#[N+]c1c(N)[nH]c(=S)c(C#N)c1SC. The van der Waals surface area contributed by atoms with Gasteiger partial charge < -0.3 is 21.4 Å². The average molecular weight is 866 g/mol. The number of thiocarbonyl (C=S) groups is 1. The quantitative estimate of drug-likeness (QED) is 0.0756. The van der Waals surface area contributed by atoms with Crippen LogP contribution in [0.2, 0.25) is 0 Å². The van der Waals surface area contributed by atoms with Crippen LogP contribution in [0, 0.1) is 62.5 Å². The van der Waals surface area contributed by atoms with Gasteiger partial charge in [-0.25, -0.2) is 4.85 Å². The second-order valence-electron chi connectivity index (χ2n) is 6.34. The zero-order chi connectivity index (χ0) is 31.4. The third-order valence-electron chi connectivity index (χ3n) is 4.21. The number of nitrogens with two attached hydrogens (primary N) is 2. The summed E-state index contributed by atoms with van der Waals surface area (Å²) in [6.45, 7) is 17.1. The number of H-pyrrole nitrogens is 1. The van der Waals surface area contributed by atoms with Gasteiger partial charge in [0.2, 0.25) is 5.69 Å². The predicted molar refractivity (Wildman–Crippen MR) is 200 cm³/mol. The largest absolute Gasteiger partial charge is 0.394 e. The Morgan fingerprint density at radius 2 is 1.52 bits per heavy atom. The minimum Gasteiger partial charge on any atom is -0.394 e. The Hall–Kier alpha value is -1.02. The Bertz CT molecular complexity index is 1070. The highest BCUT2D eigenvalue weighted by molar-refractivity contribution is 15.0. The van der Waals surface area contributed by atoms with Gasteiger partial charge in [0, 0.05) is 42.1 Å². The van der Waals surface area contributed by atoms with Crippen molar-refractivity contribution in [2.24, 2.45) is 11.7 Å². The summed E-state index contributed by atoms with van der Waals surface area (Å²) in [5, 5.41) is 33.6. The number of nitrogen functional groups attached to an aromatic ring is 1. The number of aromatic nitrogens is 1. The van der Waals surface area contributed by atoms with Crippen molar-refractivity contribution in [3.05, 3.63) is 21.6 Å². The van der Waals surface area contributed by atoms with Gasteiger partial charge in [-0.1, -0.05) is 52.6 Å². The van der Waals surface area contributed by atoms with Crippen LogP contribution in [0.4, 0.5) is 11.5 Å². The average Bonchev–Trinajstić information content (AvgIpc) is 2.94. The Kier molecular flexibility index (Phi) is 41.6. The molecule has 0 saturated carbocycles. The highest BCUT2D eigenvalue weighted by Gasteiger charge is 2.17. The maximum Gasteiger partial charge on any atom is 0.240 e. The Balaban J connectivity index is -0.000000139. The van der Waals surface area contributed by atoms with Gasteiger partial charge in [-0.05, 0) is 38.4 Å². The van der Waals surface area contributed by atoms with Gasteiger partial charge in [0.05, 0.1) is 46.3 Å². The van der Waals surface area contributed by atoms with Crippen LogP contribution in [0.1, 0.15) is 40.2 Å². The van der Waals surface area contributed by atoms with Crippen molar-refractivity contribution in [2.75, 3.05) is 44.1 Å². The number of thioether (sulfide) groups is 3. The second kappa shape index (κ2) is 34.2. The zero-order valence-corrected chi connectivity index (χ0v) is 31.0. The molecule has 40 heavy (non-hydrogen) atoms. The number of hydrogen-bond acceptors (Lipinski definition) is 11. The lowest BCUT2D eigenvalue weighted by Crippen LogP contribution is -2.21. The van der Waals surface area contributed by atoms with Gasteiger partial charge in [0.15, 0.2) is 5.92 Å². The minimum atomic E-state index is -0.481. The molecule has 0 radical (unpaired) electrons. The lowest BCUT2D eigenvalue weighted by molar-refractivity contribution is 0.321. The molecule has 1 aromatic rings. The van der Waals surface area contributed by atoms with Gasteiger partial charge >= 0.3 is 0 Å². The van der Waals surface area contributed by atoms with Crippen LogP contribution in [0.3, 0.4) is 0 Å². The molecule has 0 spiro atoms. The van der Waals surface area contributed by atoms with E-state index >= 15 is 0 Å². The summed E-state index contributed by atoms with van der Waals surface area (Å²) in [5.41, 5.74) is 11.1. The topological polar surface area (TPSA) is 171 Å². The molecular formula is C24H37I2N9S5. The smallest absolute Gasteiger partial charge is 0.240 e. The summed E-state index contributed by atoms with van der Waals surface area (Å²) in [4.78, 5) is 9.07. The molecule has 0 unspecified atom stereocenters. The molecule has 1 rings (SSSR count). The van der Waals surface area contributed by atoms with Gasteiger partial charge in [0.1, 0.15) is 16.5 Å². The maximum atomic E-state index is 8.85. The number of nitrogens with zero attached hydrogens (tertiary/aromatic N) is 6. The Labute approximate surface area is 287 Å². The van der Waals surface area contributed by atoms with Crippen molar-refractivity contribution >= 4 is 113 Å². The summed E-state index contributed by atoms with van der Waals surface area (Å²) >= 11 is 17.9. The molecule has 0 aliphatic carbocycles. The summed E-state index contributed by atoms with van der Waals surface area (Å²) in [5.74, 6) is -0.265. The van der Waals surface area contributed by atoms with Crippen molar-refractivity contribution in [2.45, 2.75) is 44.1 Å². The summed E-state index contributed by atoms with van der Waals surface area (Å²) in [6.07, 6.45) is 5.78. The van der Waals surface area contributed by atoms with E-state index in [1.807, 2.05) is 30.7 Å². The number of pyridine rings is 1. The number of halogens is 2. The van der Waals surface area contributed by atoms with E-state index in [1.165, 1.54) is 31.4 Å². The fraction of sp³-hybridized carbons (Fsp3) is 0.542. The van der Waals surface area contributed by atoms with Crippen molar-refractivity contribution in [1.82, 2.24) is 9.88 Å². The first kappa shape index (κ1) is 48.7. The molecule has 16 heteroatoms. The standard InChI is InChI=1S/C8H6N4S2.C6H8N2S2.C6H15N.C3H4N2S.CH4.I2/c1-11-5-6(14-2)4(3-9)8(13)12-7(5)10;1-9-6(10-2)5(3-7)4-8;1-4-7(5-2)6-3;4-2-1-3(5)6;;1-2/h2H3,(H3,10,12,13);5-6H,1-2H3;4-6H2,1-3H3;1H2,(H2,5,6);1H4;. The van der Waals surface area contributed by atoms with Crippen LogP contribution >= 0.6 is 97.0 Å². The summed E-state index contributed by atoms with van der Waals surface area (Å²) in [7, 11) is 0. The van der Waals surface area contributed by atoms with Crippen LogP contribution in [0.25, 0.3) is 4.85 Å². The Morgan fingerprint density at radius 3 is 1.70 bits per heavy atom. The molecule has 0 aliphatic heterocycles. The van der Waals surface area contributed by atoms with Crippen LogP contribution < -0.4 is 11.5 Å². The first-order valence-corrected chi connectivity index (χ1v) is 21.7. The van der Waals surface area contributed by atoms with Gasteiger partial charge in [-0.2, -0.15) is 21.0 Å². The predicted octanol–water partition coefficient (Wildman–Crippen LogP) is 8.11. The lowest BCUT2D eigenvalue weighted by Gasteiger charge is -2.13. The van der Waals surface area contributed by atoms with Crippen molar-refractivity contribution in [1.29, 1.82) is 21.0 Å². The maximum absolute atomic E-state index is 8.85. The lowest BCUT2D eigenvalue weighted by atomic mass is 10.2. The van der Waals surface area contributed by atoms with Crippen molar-refractivity contribution in [3.8, 4) is 24.3 Å². The first-order valence-electron chi connectivity index (χ1n) is 10.8. The molecule has 222 valence electrons. The number of anilines is 1. The molecule has 0 atom stereocenters. The number of aromatic amines is 1. The third-order valence-corrected chi connectivity index (χ3v) is 8.09. The number of rotatable bonds is 8. The van der Waals surface area contributed by atoms with E-state index in [0.29, 0.717) is 10.5 Å². The van der Waals surface area contributed by atoms with E-state index < -0.39 is 5.92 Å². The van der Waals surface area contributed by atoms with E-state index in [0.717, 1.165) is 0 Å². The van der Waals surface area contributed by atoms with Gasteiger partial charge in [-0.15, -0.1) is 35.3 Å². The first-order chi connectivity index (χ1) is 18.6. The van der Waals surface area contributed by atoms with Crippen molar-refractivity contribution < 1.29 is 0 Å². The fourth-order valence-electron chi connectivity index (χ4n) is 2.27. The molecule has 0 saturated heterocycles. The highest BCUT2D eigenvalue weighted by Crippen LogP contribution is 2.35. The normalized spacial score (nSPS) is 8.45. The molecule has 0 amide bonds. The third kappa shape index (κ3) is 22.6. The van der Waals surface area contributed by atoms with E-state index in [1.54, 1.807) is 35.8 Å². The molecule has 0 aliphatic rings. The van der Waals surface area contributed by atoms with Gasteiger partial charge in [0.25, 0.3) is 0 Å². The highest BCUT2D eigenvalue weighted by atomic mass is 128. The van der Waals surface area contributed by atoms with Crippen molar-refractivity contribution in [3.63, 3.8) is 0 Å². The monoisotopic (exact) mass is 865 g/mol. The van der Waals surface area contributed by atoms with Crippen LogP contribution in [0.5, 0.6) is 0 Å². The molecule has 5 N–H and O–H groups in total. The molecule has 0 bridgehead atoms. The number of hydrogen-bond donors (Lipinski definition) is 3. The molecule has 1 aromatic heterocycles. The fourth-order valence-corrected chi connectivity index (χ4v) is 4.91. The van der Waals surface area contributed by atoms with E-state index in [2.05, 4.69) is 84.9 Å². The Morgan fingerprint density at radius 1 is 1.07 bits per heavy atom. The second-order valence-corrected chi connectivity index (χ2v) is 10.4. The minimum absolute atomic E-state index is 0. The molecule has 0 fully saturated rings. The molecule has 9 nitrogen and oxygen atoms in total. The van der Waals surface area contributed by atoms with Crippen LogP contribution in [-0.4, -0.2) is 57.9 Å². The van der Waals surface area contributed by atoms with Crippen LogP contribution in [0.15, 0.2) is 4.90 Å². The molecule has 1 heterocycles. The van der Waals surface area contributed by atoms with Gasteiger partial charge in [-0.3, -0.25) is 0 Å². The van der Waals surface area contributed by atoms with Crippen LogP contribution in [-0.2, 0) is 0 Å². The summed E-state index contributed by atoms with van der Waals surface area (Å²) < 4.78 is 0.372. The molecule has 0 aromatic carbocycles. The molecular weight excluding hydrogens is 828 g/mol. The number of nitriles is 4. The van der Waals surface area contributed by atoms with E-state index in [9.17, 15) is 0 Å². The zero-order valence-electron chi connectivity index (χ0n) is 22.6.